The van der Waals surface area contributed by atoms with Crippen LogP contribution < -0.4 is 0 Å². The van der Waals surface area contributed by atoms with Gasteiger partial charge in [-0.2, -0.15) is 0 Å². The van der Waals surface area contributed by atoms with Crippen LogP contribution in [0.1, 0.15) is 39.0 Å². The van der Waals surface area contributed by atoms with Gasteiger partial charge in [-0.25, -0.2) is 4.79 Å². The van der Waals surface area contributed by atoms with Crippen LogP contribution in [0.4, 0.5) is 0 Å². The first-order chi connectivity index (χ1) is 14.1. The van der Waals surface area contributed by atoms with Gasteiger partial charge >= 0.3 is 5.97 Å². The maximum Gasteiger partial charge on any atom is 0.330 e. The maximum atomic E-state index is 11.6. The van der Waals surface area contributed by atoms with Crippen LogP contribution in [-0.2, 0) is 21.0 Å². The van der Waals surface area contributed by atoms with Crippen molar-refractivity contribution >= 4 is 36.1 Å². The van der Waals surface area contributed by atoms with Crippen LogP contribution in [0, 0.1) is 0 Å². The zero-order valence-corrected chi connectivity index (χ0v) is 20.0. The topological polar surface area (TPSA) is 53.4 Å². The van der Waals surface area contributed by atoms with Gasteiger partial charge in [-0.05, 0) is 36.7 Å². The minimum absolute atomic E-state index is 0.0597. The van der Waals surface area contributed by atoms with Crippen LogP contribution in [0.5, 0.6) is 0 Å². The van der Waals surface area contributed by atoms with Crippen molar-refractivity contribution in [3.05, 3.63) is 54.4 Å². The van der Waals surface area contributed by atoms with Gasteiger partial charge in [-0.15, -0.1) is 0 Å². The van der Waals surface area contributed by atoms with Gasteiger partial charge in [0.25, 0.3) is 0 Å². The fraction of sp³-hybridized carbons (Fsp3) is 0.417. The highest BCUT2D eigenvalue weighted by Crippen LogP contribution is 2.42. The van der Waals surface area contributed by atoms with Crippen molar-refractivity contribution < 1.29 is 14.0 Å². The molecule has 1 atom stereocenters. The van der Waals surface area contributed by atoms with Crippen molar-refractivity contribution in [2.24, 2.45) is 7.05 Å². The van der Waals surface area contributed by atoms with Gasteiger partial charge in [0.05, 0.1) is 24.4 Å². The smallest absolute Gasteiger partial charge is 0.330 e. The number of methoxy groups -OCH3 is 1. The molecule has 0 bridgehead atoms. The van der Waals surface area contributed by atoms with Crippen molar-refractivity contribution in [3.8, 4) is 0 Å². The molecule has 0 saturated heterocycles. The van der Waals surface area contributed by atoms with Gasteiger partial charge in [0, 0.05) is 35.6 Å². The Hall–Kier alpha value is -2.44. The minimum Gasteiger partial charge on any atom is -0.466 e. The Labute approximate surface area is 179 Å². The molecule has 0 N–H and O–H groups in total. The number of fused-ring (bicyclic) bond motifs is 3. The molecule has 3 aromatic rings. The molecular weight excluding hydrogens is 392 g/mol. The van der Waals surface area contributed by atoms with E-state index in [0.717, 1.165) is 16.7 Å². The number of aromatic nitrogens is 2. The van der Waals surface area contributed by atoms with E-state index in [4.69, 9.17) is 14.1 Å². The van der Waals surface area contributed by atoms with Gasteiger partial charge in [-0.1, -0.05) is 45.0 Å². The summed E-state index contributed by atoms with van der Waals surface area (Å²) in [4.78, 5) is 16.4. The monoisotopic (exact) mass is 424 g/mol. The molecule has 160 valence electrons. The third kappa shape index (κ3) is 4.20. The van der Waals surface area contributed by atoms with E-state index in [1.165, 1.54) is 24.0 Å². The average Bonchev–Trinajstić information content (AvgIpc) is 2.99. The third-order valence-electron chi connectivity index (χ3n) is 6.20. The second-order valence-electron chi connectivity index (χ2n) is 9.20. The molecule has 0 amide bonds. The van der Waals surface area contributed by atoms with Crippen LogP contribution in [-0.4, -0.2) is 30.9 Å². The quantitative estimate of drug-likeness (QED) is 0.280. The van der Waals surface area contributed by atoms with Crippen molar-refractivity contribution in [1.82, 2.24) is 9.55 Å². The lowest BCUT2D eigenvalue weighted by atomic mass is 10.1. The van der Waals surface area contributed by atoms with Crippen molar-refractivity contribution in [3.63, 3.8) is 0 Å². The molecule has 6 heteroatoms. The molecule has 3 rings (SSSR count). The van der Waals surface area contributed by atoms with E-state index in [1.54, 1.807) is 0 Å². The van der Waals surface area contributed by atoms with E-state index < -0.39 is 8.32 Å². The Morgan fingerprint density at radius 3 is 2.57 bits per heavy atom. The molecule has 0 saturated carbocycles. The van der Waals surface area contributed by atoms with Crippen LogP contribution in [0.2, 0.25) is 18.1 Å². The lowest BCUT2D eigenvalue weighted by Crippen LogP contribution is -2.42. The van der Waals surface area contributed by atoms with Gasteiger partial charge < -0.3 is 13.7 Å². The molecule has 0 aliphatic carbocycles. The molecule has 30 heavy (non-hydrogen) atoms. The molecule has 0 spiro atoms. The first-order valence-corrected chi connectivity index (χ1v) is 13.2. The molecule has 1 aromatic carbocycles. The lowest BCUT2D eigenvalue weighted by molar-refractivity contribution is -0.134. The first-order valence-electron chi connectivity index (χ1n) is 10.3. The normalized spacial score (nSPS) is 14.0. The highest BCUT2D eigenvalue weighted by Gasteiger charge is 2.40. The average molecular weight is 425 g/mol. The molecule has 0 radical (unpaired) electrons. The van der Waals surface area contributed by atoms with Crippen LogP contribution in [0.3, 0.4) is 0 Å². The van der Waals surface area contributed by atoms with Crippen LogP contribution >= 0.6 is 0 Å². The predicted octanol–water partition coefficient (Wildman–Crippen LogP) is 5.91. The first kappa shape index (κ1) is 22.2. The lowest BCUT2D eigenvalue weighted by Gasteiger charge is -2.39. The number of hydrogen-bond acceptors (Lipinski definition) is 4. The molecule has 0 aliphatic rings. The van der Waals surface area contributed by atoms with Crippen molar-refractivity contribution in [2.45, 2.75) is 51.4 Å². The Balaban J connectivity index is 2.14. The fourth-order valence-electron chi connectivity index (χ4n) is 3.49. The summed E-state index contributed by atoms with van der Waals surface area (Å²) in [6.45, 7) is 11.2. The number of pyridine rings is 1. The number of rotatable bonds is 6. The van der Waals surface area contributed by atoms with Gasteiger partial charge in [0.2, 0.25) is 0 Å². The molecule has 0 aliphatic heterocycles. The van der Waals surface area contributed by atoms with Crippen LogP contribution in [0.15, 0.2) is 48.7 Å². The number of esters is 1. The van der Waals surface area contributed by atoms with Gasteiger partial charge in [-0.3, -0.25) is 4.98 Å². The number of carbonyl (C=O) groups is 1. The van der Waals surface area contributed by atoms with E-state index in [1.807, 2.05) is 12.3 Å². The summed E-state index contributed by atoms with van der Waals surface area (Å²) in [6, 6.07) is 10.4. The van der Waals surface area contributed by atoms with Crippen LogP contribution in [0.25, 0.3) is 21.8 Å². The maximum absolute atomic E-state index is 11.6. The number of aryl methyl sites for hydroxylation is 1. The van der Waals surface area contributed by atoms with Crippen molar-refractivity contribution in [2.75, 3.05) is 7.11 Å². The van der Waals surface area contributed by atoms with E-state index in [-0.39, 0.29) is 17.1 Å². The van der Waals surface area contributed by atoms with E-state index in [0.29, 0.717) is 6.42 Å². The summed E-state index contributed by atoms with van der Waals surface area (Å²) in [5, 5.41) is 2.43. The highest BCUT2D eigenvalue weighted by molar-refractivity contribution is 6.74. The summed E-state index contributed by atoms with van der Waals surface area (Å²) < 4.78 is 13.8. The Bertz CT molecular complexity index is 1090. The molecular formula is C24H32N2O3Si. The third-order valence-corrected chi connectivity index (χ3v) is 10.7. The number of ether oxygens (including phenoxy) is 1. The summed E-state index contributed by atoms with van der Waals surface area (Å²) in [6.07, 6.45) is 5.44. The highest BCUT2D eigenvalue weighted by atomic mass is 28.4. The predicted molar refractivity (Wildman–Crippen MR) is 125 cm³/mol. The summed E-state index contributed by atoms with van der Waals surface area (Å²) in [7, 11) is 1.38. The second kappa shape index (κ2) is 8.36. The SMILES string of the molecule is COC(=O)/C=C/CC(O[Si](C)(C)C(C)(C)C)c1nccc2c3ccccc3n(C)c12. The van der Waals surface area contributed by atoms with E-state index in [2.05, 4.69) is 75.8 Å². The molecule has 1 unspecified atom stereocenters. The Kier molecular flexibility index (Phi) is 6.20. The fourth-order valence-corrected chi connectivity index (χ4v) is 4.77. The number of benzene rings is 1. The summed E-state index contributed by atoms with van der Waals surface area (Å²) in [5.74, 6) is -0.364. The van der Waals surface area contributed by atoms with Gasteiger partial charge in [0.15, 0.2) is 8.32 Å². The molecule has 5 nitrogen and oxygen atoms in total. The number of hydrogen-bond donors (Lipinski definition) is 0. The Morgan fingerprint density at radius 1 is 1.20 bits per heavy atom. The zero-order valence-electron chi connectivity index (χ0n) is 19.0. The molecule has 2 heterocycles. The minimum atomic E-state index is -2.08. The summed E-state index contributed by atoms with van der Waals surface area (Å²) >= 11 is 0. The summed E-state index contributed by atoms with van der Waals surface area (Å²) in [5.41, 5.74) is 3.15. The largest absolute Gasteiger partial charge is 0.466 e. The Morgan fingerprint density at radius 2 is 1.90 bits per heavy atom. The molecule has 0 fully saturated rings. The number of para-hydroxylation sites is 1. The molecule has 2 aromatic heterocycles. The van der Waals surface area contributed by atoms with E-state index in [9.17, 15) is 4.79 Å². The zero-order chi connectivity index (χ0) is 22.1. The van der Waals surface area contributed by atoms with Crippen molar-refractivity contribution in [1.29, 1.82) is 0 Å². The van der Waals surface area contributed by atoms with Gasteiger partial charge in [0.1, 0.15) is 0 Å². The number of nitrogens with zero attached hydrogens (tertiary/aromatic N) is 2. The standard InChI is InChI=1S/C24H32N2O3Si/c1-24(2,3)30(6,7)29-20(13-10-14-21(27)28-5)22-23-18(15-16-25-22)17-11-8-9-12-19(17)26(23)4/h8-12,14-16,20H,13H2,1-7H3/b14-10+. The number of carbonyl (C=O) groups excluding carboxylic acids is 1. The second-order valence-corrected chi connectivity index (χ2v) is 14.0. The van der Waals surface area contributed by atoms with E-state index >= 15 is 0 Å².